The molecule has 1 N–H and O–H groups in total. The Morgan fingerprint density at radius 2 is 1.90 bits per heavy atom. The Morgan fingerprint density at radius 3 is 2.68 bits per heavy atom. The predicted octanol–water partition coefficient (Wildman–Crippen LogP) is 3.64. The Hall–Kier alpha value is -2.51. The average molecular weight is 419 g/mol. The van der Waals surface area contributed by atoms with Gasteiger partial charge in [0.05, 0.1) is 29.7 Å². The lowest BCUT2D eigenvalue weighted by molar-refractivity contribution is -0.00546. The summed E-state index contributed by atoms with van der Waals surface area (Å²) < 4.78 is 8.05. The molecule has 3 fully saturated rings. The fourth-order valence-electron chi connectivity index (χ4n) is 5.69. The zero-order valence-electron chi connectivity index (χ0n) is 18.0. The Kier molecular flexibility index (Phi) is 4.88. The van der Waals surface area contributed by atoms with Crippen molar-refractivity contribution < 1.29 is 4.74 Å². The quantitative estimate of drug-likeness (QED) is 0.662. The summed E-state index contributed by atoms with van der Waals surface area (Å²) in [5.41, 5.74) is 4.77. The molecule has 2 aliphatic carbocycles. The van der Waals surface area contributed by atoms with Crippen LogP contribution in [-0.2, 0) is 11.3 Å². The maximum atomic E-state index is 5.95. The van der Waals surface area contributed by atoms with Crippen molar-refractivity contribution in [3.63, 3.8) is 0 Å². The van der Waals surface area contributed by atoms with Gasteiger partial charge >= 0.3 is 0 Å². The van der Waals surface area contributed by atoms with E-state index in [1.807, 2.05) is 13.3 Å². The van der Waals surface area contributed by atoms with E-state index in [1.165, 1.54) is 29.7 Å². The molecule has 3 aromatic rings. The number of benzene rings is 1. The van der Waals surface area contributed by atoms with Gasteiger partial charge < -0.3 is 4.74 Å². The number of aromatic amines is 1. The summed E-state index contributed by atoms with van der Waals surface area (Å²) in [5, 5.41) is 16.5. The van der Waals surface area contributed by atoms with E-state index in [0.717, 1.165) is 38.2 Å². The summed E-state index contributed by atoms with van der Waals surface area (Å²) in [6, 6.07) is 10.8. The summed E-state index contributed by atoms with van der Waals surface area (Å²) in [6.07, 6.45) is 9.11. The van der Waals surface area contributed by atoms with E-state index in [-0.39, 0.29) is 6.10 Å². The van der Waals surface area contributed by atoms with Crippen molar-refractivity contribution in [3.05, 3.63) is 54.0 Å². The van der Waals surface area contributed by atoms with Crippen molar-refractivity contribution in [1.29, 1.82) is 0 Å². The van der Waals surface area contributed by atoms with Crippen molar-refractivity contribution in [2.75, 3.05) is 20.2 Å². The van der Waals surface area contributed by atoms with Gasteiger partial charge in [0.25, 0.3) is 0 Å². The van der Waals surface area contributed by atoms with Crippen LogP contribution in [0.15, 0.2) is 42.7 Å². The Balaban J connectivity index is 1.16. The molecule has 1 saturated heterocycles. The molecule has 31 heavy (non-hydrogen) atoms. The third-order valence-corrected chi connectivity index (χ3v) is 7.50. The molecule has 0 bridgehead atoms. The van der Waals surface area contributed by atoms with E-state index < -0.39 is 0 Å². The van der Waals surface area contributed by atoms with E-state index in [2.05, 4.69) is 66.6 Å². The Morgan fingerprint density at radius 1 is 1.10 bits per heavy atom. The van der Waals surface area contributed by atoms with Gasteiger partial charge in [0.1, 0.15) is 0 Å². The number of ether oxygens (including phenoxy) is 1. The number of hydrogen-bond donors (Lipinski definition) is 1. The van der Waals surface area contributed by atoms with Crippen molar-refractivity contribution in [2.24, 2.45) is 11.8 Å². The smallest absolute Gasteiger partial charge is 0.0858 e. The van der Waals surface area contributed by atoms with Crippen LogP contribution < -0.4 is 0 Å². The maximum absolute atomic E-state index is 5.95. The largest absolute Gasteiger partial charge is 0.379 e. The van der Waals surface area contributed by atoms with Crippen LogP contribution in [0.2, 0.25) is 0 Å². The zero-order chi connectivity index (χ0) is 20.8. The zero-order valence-corrected chi connectivity index (χ0v) is 18.0. The normalized spacial score (nSPS) is 28.7. The summed E-state index contributed by atoms with van der Waals surface area (Å²) >= 11 is 0. The summed E-state index contributed by atoms with van der Waals surface area (Å²) in [4.78, 5) is 2.60. The lowest BCUT2D eigenvalue weighted by atomic mass is 9.77. The van der Waals surface area contributed by atoms with Crippen molar-refractivity contribution >= 4 is 0 Å². The number of nitrogens with one attached hydrogen (secondary N) is 1. The maximum Gasteiger partial charge on any atom is 0.0858 e. The van der Waals surface area contributed by atoms with Crippen LogP contribution in [0.25, 0.3) is 11.3 Å². The van der Waals surface area contributed by atoms with Crippen LogP contribution in [0, 0.1) is 11.8 Å². The Bertz CT molecular complexity index is 1030. The standard InChI is InChI=1S/C24H30N6O/c1-31-23-10-19-13-29(14-20-11-25-27-24(20)17-5-3-2-4-6-17)12-18(19)9-22(23)30-15-21(26-28-30)16-7-8-16/h2-6,11,15-16,18-19,22-23H,7-10,12-14H2,1H3,(H,25,27)/t18-,19+,22-,23-/m1/s1. The number of likely N-dealkylation sites (tertiary alicyclic amines) is 1. The molecule has 2 aromatic heterocycles. The van der Waals surface area contributed by atoms with Gasteiger partial charge in [0.2, 0.25) is 0 Å². The number of hydrogen-bond acceptors (Lipinski definition) is 5. The fraction of sp³-hybridized carbons (Fsp3) is 0.542. The minimum atomic E-state index is 0.212. The second kappa shape index (κ2) is 7.88. The van der Waals surface area contributed by atoms with Crippen LogP contribution >= 0.6 is 0 Å². The first-order valence-corrected chi connectivity index (χ1v) is 11.5. The molecule has 0 unspecified atom stereocenters. The highest BCUT2D eigenvalue weighted by molar-refractivity contribution is 5.62. The molecular formula is C24H30N6O. The molecule has 0 spiro atoms. The fourth-order valence-corrected chi connectivity index (χ4v) is 5.69. The lowest BCUT2D eigenvalue weighted by Crippen LogP contribution is -2.37. The first kappa shape index (κ1) is 19.2. The monoisotopic (exact) mass is 418 g/mol. The number of aromatic nitrogens is 5. The van der Waals surface area contributed by atoms with E-state index in [9.17, 15) is 0 Å². The summed E-state index contributed by atoms with van der Waals surface area (Å²) in [5.74, 6) is 2.00. The van der Waals surface area contributed by atoms with Gasteiger partial charge in [-0.2, -0.15) is 5.10 Å². The van der Waals surface area contributed by atoms with Crippen molar-refractivity contribution in [1.82, 2.24) is 30.1 Å². The van der Waals surface area contributed by atoms with Crippen LogP contribution in [-0.4, -0.2) is 56.4 Å². The first-order chi connectivity index (χ1) is 15.3. The SMILES string of the molecule is CO[C@@H]1C[C@H]2CN(Cc3cn[nH]c3-c3ccccc3)C[C@H]2C[C@H]1n1cc(C2CC2)nn1. The molecule has 7 nitrogen and oxygen atoms in total. The molecule has 1 aromatic carbocycles. The third-order valence-electron chi connectivity index (χ3n) is 7.50. The molecule has 0 radical (unpaired) electrons. The molecule has 0 amide bonds. The number of H-pyrrole nitrogens is 1. The number of fused-ring (bicyclic) bond motifs is 1. The van der Waals surface area contributed by atoms with Gasteiger partial charge in [0.15, 0.2) is 0 Å². The topological polar surface area (TPSA) is 71.9 Å². The van der Waals surface area contributed by atoms with Gasteiger partial charge in [0, 0.05) is 44.4 Å². The summed E-state index contributed by atoms with van der Waals surface area (Å²) in [7, 11) is 1.85. The van der Waals surface area contributed by atoms with Gasteiger partial charge in [-0.3, -0.25) is 10.00 Å². The van der Waals surface area contributed by atoms with E-state index >= 15 is 0 Å². The molecular weight excluding hydrogens is 388 g/mol. The predicted molar refractivity (Wildman–Crippen MR) is 117 cm³/mol. The molecule has 3 heterocycles. The molecule has 7 heteroatoms. The number of rotatable bonds is 6. The third kappa shape index (κ3) is 3.70. The van der Waals surface area contributed by atoms with Crippen LogP contribution in [0.1, 0.15) is 48.9 Å². The minimum Gasteiger partial charge on any atom is -0.379 e. The molecule has 1 aliphatic heterocycles. The van der Waals surface area contributed by atoms with Gasteiger partial charge in [-0.15, -0.1) is 5.10 Å². The minimum absolute atomic E-state index is 0.212. The van der Waals surface area contributed by atoms with E-state index in [4.69, 9.17) is 4.74 Å². The summed E-state index contributed by atoms with van der Waals surface area (Å²) in [6.45, 7) is 3.19. The molecule has 162 valence electrons. The number of methoxy groups -OCH3 is 1. The van der Waals surface area contributed by atoms with Gasteiger partial charge in [-0.1, -0.05) is 35.5 Å². The molecule has 4 atom stereocenters. The second-order valence-electron chi connectivity index (χ2n) is 9.56. The number of nitrogens with zero attached hydrogens (tertiary/aromatic N) is 5. The lowest BCUT2D eigenvalue weighted by Gasteiger charge is -2.37. The van der Waals surface area contributed by atoms with E-state index in [0.29, 0.717) is 23.8 Å². The van der Waals surface area contributed by atoms with Crippen LogP contribution in [0.3, 0.4) is 0 Å². The Labute approximate surface area is 182 Å². The molecule has 3 aliphatic rings. The van der Waals surface area contributed by atoms with Crippen LogP contribution in [0.4, 0.5) is 0 Å². The highest BCUT2D eigenvalue weighted by Gasteiger charge is 2.43. The first-order valence-electron chi connectivity index (χ1n) is 11.5. The van der Waals surface area contributed by atoms with Gasteiger partial charge in [-0.25, -0.2) is 4.68 Å². The average Bonchev–Trinajstić information content (AvgIpc) is 3.19. The highest BCUT2D eigenvalue weighted by atomic mass is 16.5. The van der Waals surface area contributed by atoms with Crippen molar-refractivity contribution in [3.8, 4) is 11.3 Å². The second-order valence-corrected chi connectivity index (χ2v) is 9.56. The van der Waals surface area contributed by atoms with Gasteiger partial charge in [-0.05, 0) is 43.1 Å². The highest BCUT2D eigenvalue weighted by Crippen LogP contribution is 2.44. The van der Waals surface area contributed by atoms with E-state index in [1.54, 1.807) is 0 Å². The van der Waals surface area contributed by atoms with Crippen LogP contribution in [0.5, 0.6) is 0 Å². The molecule has 2 saturated carbocycles. The molecule has 6 rings (SSSR count). The van der Waals surface area contributed by atoms with Crippen molar-refractivity contribution in [2.45, 2.75) is 50.3 Å².